The molecule has 0 atom stereocenters. The Labute approximate surface area is 134 Å². The highest BCUT2D eigenvalue weighted by Crippen LogP contribution is 2.71. The highest BCUT2D eigenvalue weighted by atomic mass is 32.2. The van der Waals surface area contributed by atoms with Gasteiger partial charge < -0.3 is 0 Å². The average Bonchev–Trinajstić information content (AvgIpc) is 3.11. The van der Waals surface area contributed by atoms with E-state index in [0.29, 0.717) is 13.9 Å². The largest absolute Gasteiger partial charge is 0.557 e. The van der Waals surface area contributed by atoms with Crippen LogP contribution in [0.2, 0.25) is 0 Å². The van der Waals surface area contributed by atoms with Gasteiger partial charge in [-0.25, -0.2) is 0 Å². The van der Waals surface area contributed by atoms with Gasteiger partial charge in [-0.3, -0.25) is 0 Å². The van der Waals surface area contributed by atoms with E-state index in [1.807, 2.05) is 0 Å². The fraction of sp³-hybridized carbons (Fsp3) is 0.231. The maximum Gasteiger partial charge on any atom is 0.557 e. The number of hydrogen-bond acceptors (Lipinski definition) is 4. The molecule has 0 aromatic carbocycles. The zero-order valence-corrected chi connectivity index (χ0v) is 14.6. The van der Waals surface area contributed by atoms with Crippen molar-refractivity contribution in [2.75, 3.05) is 6.26 Å². The van der Waals surface area contributed by atoms with Crippen molar-refractivity contribution in [2.45, 2.75) is 13.3 Å². The first-order chi connectivity index (χ1) is 9.94. The molecule has 0 aliphatic carbocycles. The van der Waals surface area contributed by atoms with Crippen LogP contribution in [0.1, 0.15) is 6.92 Å². The van der Waals surface area contributed by atoms with E-state index in [1.54, 1.807) is 54.3 Å². The molecule has 0 spiro atoms. The molecule has 0 saturated carbocycles. The minimum atomic E-state index is -4.69. The van der Waals surface area contributed by atoms with E-state index >= 15 is 0 Å². The Balaban J connectivity index is 2.70. The van der Waals surface area contributed by atoms with E-state index in [9.17, 15) is 13.2 Å². The molecule has 0 bridgehead atoms. The van der Waals surface area contributed by atoms with Crippen molar-refractivity contribution in [1.82, 2.24) is 0 Å². The Morgan fingerprint density at radius 3 is 2.00 bits per heavy atom. The molecule has 2 rings (SSSR count). The van der Waals surface area contributed by atoms with Gasteiger partial charge in [0.25, 0.3) is 7.49 Å². The molecule has 0 fully saturated rings. The highest BCUT2D eigenvalue weighted by molar-refractivity contribution is 8.16. The van der Waals surface area contributed by atoms with E-state index in [-0.39, 0.29) is 0 Å². The van der Waals surface area contributed by atoms with Crippen LogP contribution < -0.4 is 9.24 Å². The summed E-state index contributed by atoms with van der Waals surface area (Å²) in [5.41, 5.74) is 0. The second-order valence-corrected chi connectivity index (χ2v) is 10.4. The zero-order chi connectivity index (χ0) is 15.5. The average molecular weight is 369 g/mol. The van der Waals surface area contributed by atoms with Crippen LogP contribution in [-0.2, 0) is 4.52 Å². The second-order valence-electron chi connectivity index (χ2n) is 3.88. The molecule has 2 aromatic heterocycles. The van der Waals surface area contributed by atoms with E-state index < -0.39 is 13.9 Å². The summed E-state index contributed by atoms with van der Waals surface area (Å²) in [7, 11) is -3.10. The summed E-state index contributed by atoms with van der Waals surface area (Å²) in [5, 5.41) is 3.57. The van der Waals surface area contributed by atoms with Crippen molar-refractivity contribution in [3.8, 4) is 0 Å². The first kappa shape index (κ1) is 17.0. The fourth-order valence-corrected chi connectivity index (χ4v) is 10.5. The summed E-state index contributed by atoms with van der Waals surface area (Å²) >= 11 is 3.92. The molecule has 2 aromatic rings. The van der Waals surface area contributed by atoms with E-state index in [2.05, 4.69) is 0 Å². The van der Waals surface area contributed by atoms with Gasteiger partial charge in [-0.1, -0.05) is 11.8 Å². The van der Waals surface area contributed by atoms with E-state index in [0.717, 1.165) is 0 Å². The van der Waals surface area contributed by atoms with Crippen LogP contribution in [0.3, 0.4) is 0 Å². The molecule has 0 saturated heterocycles. The van der Waals surface area contributed by atoms with Crippen molar-refractivity contribution in [3.63, 3.8) is 0 Å². The fourth-order valence-electron chi connectivity index (χ4n) is 1.94. The van der Waals surface area contributed by atoms with Crippen LogP contribution >= 0.6 is 41.9 Å². The summed E-state index contributed by atoms with van der Waals surface area (Å²) in [6.45, 7) is 1.75. The Morgan fingerprint density at radius 2 is 1.71 bits per heavy atom. The topological polar surface area (TPSA) is 9.23 Å². The number of allylic oxidation sites excluding steroid dienone is 1. The highest BCUT2D eigenvalue weighted by Gasteiger charge is 2.59. The SMILES string of the molecule is C/C=C(\SC)[P+](OC(F)(F)F)(c1cccs1)c1cccs1. The van der Waals surface area contributed by atoms with Gasteiger partial charge in [-0.15, -0.1) is 40.4 Å². The normalized spacial score (nSPS) is 13.7. The number of thiophene rings is 2. The second kappa shape index (κ2) is 6.84. The van der Waals surface area contributed by atoms with Gasteiger partial charge in [0.15, 0.2) is 13.9 Å². The van der Waals surface area contributed by atoms with Crippen molar-refractivity contribution < 1.29 is 17.7 Å². The van der Waals surface area contributed by atoms with Gasteiger partial charge in [0.1, 0.15) is 0 Å². The van der Waals surface area contributed by atoms with Gasteiger partial charge in [0, 0.05) is 0 Å². The van der Waals surface area contributed by atoms with E-state index in [1.165, 1.54) is 34.4 Å². The Kier molecular flexibility index (Phi) is 5.54. The molecule has 0 N–H and O–H groups in total. The minimum Gasteiger partial charge on any atom is -0.141 e. The lowest BCUT2D eigenvalue weighted by atomic mass is 10.7. The van der Waals surface area contributed by atoms with Gasteiger partial charge in [-0.2, -0.15) is 0 Å². The van der Waals surface area contributed by atoms with Gasteiger partial charge in [-0.05, 0) is 54.3 Å². The number of thioether (sulfide) groups is 1. The molecule has 1 nitrogen and oxygen atoms in total. The summed E-state index contributed by atoms with van der Waals surface area (Å²) in [4.78, 5) is 0. The predicted octanol–water partition coefficient (Wildman–Crippen LogP) is 5.45. The first-order valence-electron chi connectivity index (χ1n) is 5.89. The monoisotopic (exact) mass is 369 g/mol. The molecule has 8 heteroatoms. The molecule has 0 aliphatic heterocycles. The zero-order valence-electron chi connectivity index (χ0n) is 11.3. The lowest BCUT2D eigenvalue weighted by molar-refractivity contribution is -0.271. The van der Waals surface area contributed by atoms with Crippen LogP contribution in [0.15, 0.2) is 45.7 Å². The third-order valence-electron chi connectivity index (χ3n) is 2.64. The maximum atomic E-state index is 13.1. The Bertz CT molecular complexity index is 556. The lowest BCUT2D eigenvalue weighted by Crippen LogP contribution is -2.27. The molecule has 2 heterocycles. The van der Waals surface area contributed by atoms with Crippen LogP contribution in [0.4, 0.5) is 13.2 Å². The molecule has 21 heavy (non-hydrogen) atoms. The van der Waals surface area contributed by atoms with Crippen molar-refractivity contribution in [3.05, 3.63) is 45.7 Å². The Hall–Kier alpha value is -0.330. The molecule has 0 unspecified atom stereocenters. The Morgan fingerprint density at radius 1 is 1.19 bits per heavy atom. The number of halogens is 3. The van der Waals surface area contributed by atoms with Crippen LogP contribution in [0, 0.1) is 0 Å². The van der Waals surface area contributed by atoms with Crippen LogP contribution in [0.25, 0.3) is 0 Å². The molecular weight excluding hydrogens is 356 g/mol. The number of rotatable bonds is 5. The molecule has 0 aliphatic rings. The van der Waals surface area contributed by atoms with Crippen LogP contribution in [-0.4, -0.2) is 12.6 Å². The summed E-state index contributed by atoms with van der Waals surface area (Å²) in [5.74, 6) is 0. The van der Waals surface area contributed by atoms with Gasteiger partial charge in [0.05, 0.1) is 0 Å². The first-order valence-corrected chi connectivity index (χ1v) is 10.6. The summed E-state index contributed by atoms with van der Waals surface area (Å²) in [6.07, 6.45) is -1.18. The number of alkyl halides is 3. The molecule has 114 valence electrons. The van der Waals surface area contributed by atoms with Crippen molar-refractivity contribution in [2.24, 2.45) is 0 Å². The predicted molar refractivity (Wildman–Crippen MR) is 89.2 cm³/mol. The third-order valence-corrected chi connectivity index (χ3v) is 11.0. The van der Waals surface area contributed by atoms with Gasteiger partial charge >= 0.3 is 6.36 Å². The van der Waals surface area contributed by atoms with Crippen molar-refractivity contribution in [1.29, 1.82) is 0 Å². The van der Waals surface area contributed by atoms with Gasteiger partial charge in [0.2, 0.25) is 0 Å². The summed E-state index contributed by atoms with van der Waals surface area (Å²) in [6, 6.07) is 6.97. The summed E-state index contributed by atoms with van der Waals surface area (Å²) < 4.78 is 46.1. The van der Waals surface area contributed by atoms with Crippen molar-refractivity contribution >= 4 is 51.2 Å². The smallest absolute Gasteiger partial charge is 0.141 e. The quantitative estimate of drug-likeness (QED) is 0.648. The third kappa shape index (κ3) is 3.54. The minimum absolute atomic E-state index is 0.629. The maximum absolute atomic E-state index is 13.1. The molecule has 0 amide bonds. The standard InChI is InChI=1S/C13H13F3OPS3/c1-3-10(19-2)18(17-13(14,15)16,11-6-4-8-20-11)12-7-5-9-21-12/h3-9H,1-2H3/q+1/b10-3-. The van der Waals surface area contributed by atoms with Crippen LogP contribution in [0.5, 0.6) is 0 Å². The molecule has 0 radical (unpaired) electrons. The lowest BCUT2D eigenvalue weighted by Gasteiger charge is -2.24. The van der Waals surface area contributed by atoms with E-state index in [4.69, 9.17) is 4.52 Å². The number of hydrogen-bond donors (Lipinski definition) is 0. The molecular formula is C13H13F3OPS3+.